The summed E-state index contributed by atoms with van der Waals surface area (Å²) in [7, 11) is 0. The minimum atomic E-state index is 0.115. The number of benzene rings is 1. The summed E-state index contributed by atoms with van der Waals surface area (Å²) < 4.78 is 1.12. The molecule has 0 aromatic heterocycles. The fourth-order valence-corrected chi connectivity index (χ4v) is 2.92. The Labute approximate surface area is 129 Å². The SMILES string of the molecule is Cc1cc(CCC(=O)N2CCC(C)(CN)C2)ccc1Br. The van der Waals surface area contributed by atoms with Crippen LogP contribution >= 0.6 is 15.9 Å². The van der Waals surface area contributed by atoms with Crippen molar-refractivity contribution in [3.63, 3.8) is 0 Å². The minimum Gasteiger partial charge on any atom is -0.342 e. The Hall–Kier alpha value is -0.870. The zero-order chi connectivity index (χ0) is 14.8. The summed E-state index contributed by atoms with van der Waals surface area (Å²) in [6.07, 6.45) is 2.41. The van der Waals surface area contributed by atoms with Crippen molar-refractivity contribution >= 4 is 21.8 Å². The van der Waals surface area contributed by atoms with Gasteiger partial charge in [-0.05, 0) is 48.9 Å². The van der Waals surface area contributed by atoms with E-state index in [0.29, 0.717) is 13.0 Å². The van der Waals surface area contributed by atoms with Crippen LogP contribution in [0.4, 0.5) is 0 Å². The normalized spacial score (nSPS) is 22.3. The lowest BCUT2D eigenvalue weighted by atomic mass is 9.90. The van der Waals surface area contributed by atoms with E-state index in [1.54, 1.807) is 0 Å². The molecule has 0 radical (unpaired) electrons. The van der Waals surface area contributed by atoms with E-state index in [2.05, 4.69) is 48.0 Å². The van der Waals surface area contributed by atoms with Gasteiger partial charge in [0.1, 0.15) is 0 Å². The predicted molar refractivity (Wildman–Crippen MR) is 85.6 cm³/mol. The molecule has 2 rings (SSSR count). The van der Waals surface area contributed by atoms with Crippen molar-refractivity contribution in [1.82, 2.24) is 4.90 Å². The third-order valence-electron chi connectivity index (χ3n) is 4.25. The fraction of sp³-hybridized carbons (Fsp3) is 0.562. The lowest BCUT2D eigenvalue weighted by molar-refractivity contribution is -0.130. The highest BCUT2D eigenvalue weighted by Crippen LogP contribution is 2.29. The number of hydrogen-bond acceptors (Lipinski definition) is 2. The second-order valence-electron chi connectivity index (χ2n) is 6.16. The second-order valence-corrected chi connectivity index (χ2v) is 7.02. The first-order valence-electron chi connectivity index (χ1n) is 7.16. The van der Waals surface area contributed by atoms with E-state index >= 15 is 0 Å². The van der Waals surface area contributed by atoms with Crippen molar-refractivity contribution in [3.8, 4) is 0 Å². The first-order valence-corrected chi connectivity index (χ1v) is 7.96. The molecule has 20 heavy (non-hydrogen) atoms. The van der Waals surface area contributed by atoms with Crippen LogP contribution in [0.2, 0.25) is 0 Å². The van der Waals surface area contributed by atoms with Crippen molar-refractivity contribution < 1.29 is 4.79 Å². The predicted octanol–water partition coefficient (Wildman–Crippen LogP) is 2.89. The van der Waals surface area contributed by atoms with E-state index in [4.69, 9.17) is 5.73 Å². The molecule has 1 aromatic carbocycles. The zero-order valence-corrected chi connectivity index (χ0v) is 13.9. The van der Waals surface area contributed by atoms with Gasteiger partial charge in [0.05, 0.1) is 0 Å². The van der Waals surface area contributed by atoms with Gasteiger partial charge in [0.15, 0.2) is 0 Å². The number of carbonyl (C=O) groups excluding carboxylic acids is 1. The summed E-state index contributed by atoms with van der Waals surface area (Å²) in [6.45, 7) is 6.55. The highest BCUT2D eigenvalue weighted by atomic mass is 79.9. The number of aryl methyl sites for hydroxylation is 2. The smallest absolute Gasteiger partial charge is 0.222 e. The van der Waals surface area contributed by atoms with Crippen LogP contribution < -0.4 is 5.73 Å². The van der Waals surface area contributed by atoms with E-state index in [0.717, 1.165) is 30.4 Å². The molecule has 1 aliphatic heterocycles. The van der Waals surface area contributed by atoms with Crippen molar-refractivity contribution in [2.45, 2.75) is 33.1 Å². The lowest BCUT2D eigenvalue weighted by Gasteiger charge is -2.22. The standard InChI is InChI=1S/C16H23BrN2O/c1-12-9-13(3-5-14(12)17)4-6-15(20)19-8-7-16(2,10-18)11-19/h3,5,9H,4,6-8,10-11,18H2,1-2H3. The van der Waals surface area contributed by atoms with Gasteiger partial charge >= 0.3 is 0 Å². The summed E-state index contributed by atoms with van der Waals surface area (Å²) in [6, 6.07) is 6.28. The van der Waals surface area contributed by atoms with E-state index in [1.165, 1.54) is 11.1 Å². The Bertz CT molecular complexity index is 503. The molecule has 1 aromatic rings. The van der Waals surface area contributed by atoms with Crippen LogP contribution in [-0.2, 0) is 11.2 Å². The molecular weight excluding hydrogens is 316 g/mol. The average molecular weight is 339 g/mol. The first-order chi connectivity index (χ1) is 9.43. The van der Waals surface area contributed by atoms with Crippen LogP contribution in [0.5, 0.6) is 0 Å². The van der Waals surface area contributed by atoms with Crippen LogP contribution in [0.15, 0.2) is 22.7 Å². The van der Waals surface area contributed by atoms with Gasteiger partial charge in [-0.2, -0.15) is 0 Å². The van der Waals surface area contributed by atoms with E-state index < -0.39 is 0 Å². The van der Waals surface area contributed by atoms with Gasteiger partial charge in [0.25, 0.3) is 0 Å². The second kappa shape index (κ2) is 6.27. The highest BCUT2D eigenvalue weighted by molar-refractivity contribution is 9.10. The van der Waals surface area contributed by atoms with Gasteiger partial charge in [0.2, 0.25) is 5.91 Å². The highest BCUT2D eigenvalue weighted by Gasteiger charge is 2.34. The van der Waals surface area contributed by atoms with Crippen molar-refractivity contribution in [2.75, 3.05) is 19.6 Å². The molecule has 0 bridgehead atoms. The summed E-state index contributed by atoms with van der Waals surface area (Å²) >= 11 is 3.50. The number of nitrogens with two attached hydrogens (primary N) is 1. The number of likely N-dealkylation sites (tertiary alicyclic amines) is 1. The lowest BCUT2D eigenvalue weighted by Crippen LogP contribution is -2.34. The van der Waals surface area contributed by atoms with Crippen molar-refractivity contribution in [1.29, 1.82) is 0 Å². The molecule has 0 saturated carbocycles. The zero-order valence-electron chi connectivity index (χ0n) is 12.3. The summed E-state index contributed by atoms with van der Waals surface area (Å²) in [4.78, 5) is 14.2. The van der Waals surface area contributed by atoms with Gasteiger partial charge < -0.3 is 10.6 Å². The maximum atomic E-state index is 12.3. The average Bonchev–Trinajstić information content (AvgIpc) is 2.83. The molecule has 2 N–H and O–H groups in total. The molecule has 1 heterocycles. The van der Waals surface area contributed by atoms with E-state index in [1.807, 2.05) is 4.90 Å². The van der Waals surface area contributed by atoms with Crippen LogP contribution in [0, 0.1) is 12.3 Å². The van der Waals surface area contributed by atoms with E-state index in [9.17, 15) is 4.79 Å². The number of halogens is 1. The molecule has 0 spiro atoms. The van der Waals surface area contributed by atoms with Gasteiger partial charge in [-0.15, -0.1) is 0 Å². The van der Waals surface area contributed by atoms with Crippen LogP contribution in [0.25, 0.3) is 0 Å². The maximum absolute atomic E-state index is 12.3. The van der Waals surface area contributed by atoms with Gasteiger partial charge in [-0.1, -0.05) is 35.0 Å². The van der Waals surface area contributed by atoms with E-state index in [-0.39, 0.29) is 11.3 Å². The monoisotopic (exact) mass is 338 g/mol. The van der Waals surface area contributed by atoms with Crippen LogP contribution in [0.3, 0.4) is 0 Å². The number of rotatable bonds is 4. The molecule has 1 saturated heterocycles. The number of amides is 1. The fourth-order valence-electron chi connectivity index (χ4n) is 2.67. The molecule has 3 nitrogen and oxygen atoms in total. The Morgan fingerprint density at radius 1 is 1.50 bits per heavy atom. The summed E-state index contributed by atoms with van der Waals surface area (Å²) in [5.41, 5.74) is 8.34. The summed E-state index contributed by atoms with van der Waals surface area (Å²) in [5.74, 6) is 0.253. The van der Waals surface area contributed by atoms with Crippen molar-refractivity contribution in [3.05, 3.63) is 33.8 Å². The van der Waals surface area contributed by atoms with Gasteiger partial charge in [-0.3, -0.25) is 4.79 Å². The molecule has 1 aliphatic rings. The number of hydrogen-bond donors (Lipinski definition) is 1. The maximum Gasteiger partial charge on any atom is 0.222 e. The Balaban J connectivity index is 1.88. The van der Waals surface area contributed by atoms with Crippen LogP contribution in [0.1, 0.15) is 30.9 Å². The van der Waals surface area contributed by atoms with Crippen molar-refractivity contribution in [2.24, 2.45) is 11.1 Å². The number of carbonyl (C=O) groups is 1. The Morgan fingerprint density at radius 3 is 2.85 bits per heavy atom. The molecule has 0 aliphatic carbocycles. The van der Waals surface area contributed by atoms with Crippen LogP contribution in [-0.4, -0.2) is 30.4 Å². The first kappa shape index (κ1) is 15.5. The topological polar surface area (TPSA) is 46.3 Å². The number of nitrogens with zero attached hydrogens (tertiary/aromatic N) is 1. The molecule has 1 amide bonds. The quantitative estimate of drug-likeness (QED) is 0.917. The third-order valence-corrected chi connectivity index (χ3v) is 5.14. The molecule has 1 atom stereocenters. The molecule has 110 valence electrons. The largest absolute Gasteiger partial charge is 0.342 e. The molecule has 4 heteroatoms. The minimum absolute atomic E-state index is 0.115. The van der Waals surface area contributed by atoms with Gasteiger partial charge in [-0.25, -0.2) is 0 Å². The Kier molecular flexibility index (Phi) is 4.86. The molecular formula is C16H23BrN2O. The summed E-state index contributed by atoms with van der Waals surface area (Å²) in [5, 5.41) is 0. The molecule has 1 fully saturated rings. The van der Waals surface area contributed by atoms with Gasteiger partial charge in [0, 0.05) is 24.0 Å². The Morgan fingerprint density at radius 2 is 2.25 bits per heavy atom. The molecule has 1 unspecified atom stereocenters. The third kappa shape index (κ3) is 3.61.